The van der Waals surface area contributed by atoms with Gasteiger partial charge >= 0.3 is 47.6 Å². The second-order valence-corrected chi connectivity index (χ2v) is 6.65. The third-order valence-corrected chi connectivity index (χ3v) is 3.59. The summed E-state index contributed by atoms with van der Waals surface area (Å²) in [6.45, 7) is 5.65. The molecule has 0 aliphatic heterocycles. The van der Waals surface area contributed by atoms with Crippen molar-refractivity contribution in [3.63, 3.8) is 0 Å². The fraction of sp³-hybridized carbons (Fsp3) is 0.526. The topological polar surface area (TPSA) is 90.9 Å². The van der Waals surface area contributed by atoms with Crippen molar-refractivity contribution in [2.45, 2.75) is 52.7 Å². The van der Waals surface area contributed by atoms with E-state index in [2.05, 4.69) is 5.32 Å². The first-order valence-electron chi connectivity index (χ1n) is 8.92. The van der Waals surface area contributed by atoms with Crippen LogP contribution in [0, 0.1) is 5.92 Å². The van der Waals surface area contributed by atoms with E-state index in [4.69, 9.17) is 25.8 Å². The molecule has 1 amide bonds. The Balaban J connectivity index is 0. The van der Waals surface area contributed by atoms with Crippen LogP contribution in [0.5, 0.6) is 5.75 Å². The van der Waals surface area contributed by atoms with E-state index in [1.54, 1.807) is 38.1 Å². The molecule has 28 heavy (non-hydrogen) atoms. The summed E-state index contributed by atoms with van der Waals surface area (Å²) < 4.78 is 15.4. The van der Waals surface area contributed by atoms with E-state index in [9.17, 15) is 14.4 Å². The molecular weight excluding hydrogens is 397 g/mol. The van der Waals surface area contributed by atoms with E-state index in [-0.39, 0.29) is 56.3 Å². The average Bonchev–Trinajstić information content (AvgIpc) is 2.60. The number of nitrogens with one attached hydrogen (secondary N) is 1. The van der Waals surface area contributed by atoms with Crippen LogP contribution in [0.4, 0.5) is 4.79 Å². The van der Waals surface area contributed by atoms with Gasteiger partial charge in [-0.05, 0) is 37.1 Å². The number of hydrogen-bond acceptors (Lipinski definition) is 6. The largest absolute Gasteiger partial charge is 1.00 e. The summed E-state index contributed by atoms with van der Waals surface area (Å²) >= 11 is 5.76. The van der Waals surface area contributed by atoms with Gasteiger partial charge in [0.25, 0.3) is 6.29 Å². The Morgan fingerprint density at radius 2 is 1.71 bits per heavy atom. The second-order valence-electron chi connectivity index (χ2n) is 6.22. The Morgan fingerprint density at radius 1 is 1.07 bits per heavy atom. The van der Waals surface area contributed by atoms with Gasteiger partial charge in [-0.3, -0.25) is 9.59 Å². The van der Waals surface area contributed by atoms with Crippen molar-refractivity contribution in [1.29, 1.82) is 0 Å². The van der Waals surface area contributed by atoms with Crippen LogP contribution < -0.4 is 39.6 Å². The molecule has 0 fully saturated rings. The van der Waals surface area contributed by atoms with Crippen molar-refractivity contribution < 1.29 is 59.6 Å². The van der Waals surface area contributed by atoms with Gasteiger partial charge in [0.1, 0.15) is 5.75 Å². The van der Waals surface area contributed by atoms with Crippen LogP contribution in [-0.4, -0.2) is 30.9 Å². The van der Waals surface area contributed by atoms with Gasteiger partial charge in [-0.15, -0.1) is 0 Å². The van der Waals surface area contributed by atoms with Crippen molar-refractivity contribution in [1.82, 2.24) is 5.32 Å². The third kappa shape index (κ3) is 11.5. The monoisotopic (exact) mass is 423 g/mol. The molecule has 0 saturated heterocycles. The number of benzene rings is 1. The van der Waals surface area contributed by atoms with Gasteiger partial charge in [0.05, 0.1) is 0 Å². The Bertz CT molecular complexity index is 630. The number of rotatable bonds is 10. The van der Waals surface area contributed by atoms with Gasteiger partial charge in [0.2, 0.25) is 0 Å². The van der Waals surface area contributed by atoms with E-state index in [0.717, 1.165) is 0 Å². The van der Waals surface area contributed by atoms with E-state index < -0.39 is 24.3 Å². The van der Waals surface area contributed by atoms with Gasteiger partial charge in [0.15, 0.2) is 0 Å². The molecular formula is C19H27ClNNaO6. The Labute approximate surface area is 194 Å². The smallest absolute Gasteiger partial charge is 1.00 e. The summed E-state index contributed by atoms with van der Waals surface area (Å²) in [5.41, 5.74) is 0. The summed E-state index contributed by atoms with van der Waals surface area (Å²) in [5, 5.41) is 3.08. The number of hydrogen-bond donors (Lipinski definition) is 1. The normalized spacial score (nSPS) is 11.2. The zero-order chi connectivity index (χ0) is 20.2. The van der Waals surface area contributed by atoms with Gasteiger partial charge in [-0.2, -0.15) is 0 Å². The predicted molar refractivity (Wildman–Crippen MR) is 102 cm³/mol. The van der Waals surface area contributed by atoms with Gasteiger partial charge < -0.3 is 21.0 Å². The summed E-state index contributed by atoms with van der Waals surface area (Å²) in [6, 6.07) is 6.45. The first-order chi connectivity index (χ1) is 12.8. The number of carbonyl (C=O) groups excluding carboxylic acids is 3. The molecule has 0 aliphatic carbocycles. The number of halogens is 1. The maximum Gasteiger partial charge on any atom is 1.00 e. The molecule has 1 N–H and O–H groups in total. The number of alkyl carbamates (subject to hydrolysis) is 1. The van der Waals surface area contributed by atoms with E-state index in [0.29, 0.717) is 23.6 Å². The van der Waals surface area contributed by atoms with Crippen molar-refractivity contribution in [2.24, 2.45) is 5.92 Å². The summed E-state index contributed by atoms with van der Waals surface area (Å²) in [6.07, 6.45) is -0.222. The molecule has 0 aliphatic rings. The number of ether oxygens (including phenoxy) is 3. The van der Waals surface area contributed by atoms with Crippen LogP contribution in [0.3, 0.4) is 0 Å². The van der Waals surface area contributed by atoms with Crippen LogP contribution in [-0.2, 0) is 19.1 Å². The second kappa shape index (κ2) is 14.7. The molecule has 1 atom stereocenters. The third-order valence-electron chi connectivity index (χ3n) is 3.34. The average molecular weight is 424 g/mol. The molecule has 0 heterocycles. The van der Waals surface area contributed by atoms with E-state index in [1.165, 1.54) is 0 Å². The standard InChI is InChI=1S/C19H26ClNO6.Na.H/c1-4-6-16(22)26-18(13(2)3)27-19(24)21-12-5-7-17(23)25-15-10-8-14(20)9-11-15;;/h8-11,13,18H,4-7,12H2,1-3H3,(H,21,24);;/q;+1;-1/t18-;;/m1../s1. The molecule has 7 nitrogen and oxygen atoms in total. The van der Waals surface area contributed by atoms with Crippen LogP contribution in [0.15, 0.2) is 24.3 Å². The molecule has 0 radical (unpaired) electrons. The van der Waals surface area contributed by atoms with Gasteiger partial charge in [0, 0.05) is 30.3 Å². The minimum absolute atomic E-state index is 0. The van der Waals surface area contributed by atoms with Gasteiger partial charge in [-0.1, -0.05) is 32.4 Å². The van der Waals surface area contributed by atoms with Crippen molar-refractivity contribution >= 4 is 29.6 Å². The fourth-order valence-electron chi connectivity index (χ4n) is 1.94. The molecule has 0 bridgehead atoms. The first-order valence-corrected chi connectivity index (χ1v) is 9.29. The zero-order valence-electron chi connectivity index (χ0n) is 17.8. The molecule has 1 aromatic rings. The maximum atomic E-state index is 11.8. The fourth-order valence-corrected chi connectivity index (χ4v) is 2.07. The summed E-state index contributed by atoms with van der Waals surface area (Å²) in [5.74, 6) is -0.591. The predicted octanol–water partition coefficient (Wildman–Crippen LogP) is 1.19. The summed E-state index contributed by atoms with van der Waals surface area (Å²) in [7, 11) is 0. The SMILES string of the molecule is CCCC(=O)O[C@H](OC(=O)NCCCC(=O)Oc1ccc(Cl)cc1)C(C)C.[H-].[Na+]. The summed E-state index contributed by atoms with van der Waals surface area (Å²) in [4.78, 5) is 35.1. The Hall–Kier alpha value is -1.28. The molecule has 9 heteroatoms. The van der Waals surface area contributed by atoms with Crippen LogP contribution in [0.1, 0.15) is 47.9 Å². The molecule has 0 spiro atoms. The number of carbonyl (C=O) groups is 3. The Kier molecular flexibility index (Phi) is 14.0. The van der Waals surface area contributed by atoms with Crippen molar-refractivity contribution in [3.8, 4) is 5.75 Å². The quantitative estimate of drug-likeness (QED) is 0.200. The van der Waals surface area contributed by atoms with Crippen molar-refractivity contribution in [3.05, 3.63) is 29.3 Å². The van der Waals surface area contributed by atoms with Crippen LogP contribution in [0.25, 0.3) is 0 Å². The number of esters is 2. The molecule has 0 aromatic heterocycles. The molecule has 1 rings (SSSR count). The maximum absolute atomic E-state index is 11.8. The minimum Gasteiger partial charge on any atom is -1.00 e. The molecule has 152 valence electrons. The molecule has 1 aromatic carbocycles. The van der Waals surface area contributed by atoms with Crippen molar-refractivity contribution in [2.75, 3.05) is 6.54 Å². The minimum atomic E-state index is -0.945. The van der Waals surface area contributed by atoms with E-state index >= 15 is 0 Å². The van der Waals surface area contributed by atoms with E-state index in [1.807, 2.05) is 6.92 Å². The molecule has 0 unspecified atom stereocenters. The zero-order valence-corrected chi connectivity index (χ0v) is 19.6. The first kappa shape index (κ1) is 26.7. The van der Waals surface area contributed by atoms with Gasteiger partial charge in [-0.25, -0.2) is 4.79 Å². The Morgan fingerprint density at radius 3 is 2.29 bits per heavy atom. The number of amides is 1. The molecule has 0 saturated carbocycles. The van der Waals surface area contributed by atoms with Crippen LogP contribution >= 0.6 is 11.6 Å². The van der Waals surface area contributed by atoms with Crippen LogP contribution in [0.2, 0.25) is 5.02 Å².